The minimum absolute atomic E-state index is 0.172. The van der Waals surface area contributed by atoms with Gasteiger partial charge in [-0.2, -0.15) is 0 Å². The van der Waals surface area contributed by atoms with Gasteiger partial charge in [0.25, 0.3) is 17.6 Å². The first-order chi connectivity index (χ1) is 13.8. The molecule has 0 saturated carbocycles. The average molecular weight is 390 g/mol. The number of carbonyl (C=O) groups excluding carboxylic acids is 3. The second-order valence-electron chi connectivity index (χ2n) is 7.79. The average Bonchev–Trinajstić information content (AvgIpc) is 3.32. The molecular weight excluding hydrogens is 366 g/mol. The summed E-state index contributed by atoms with van der Waals surface area (Å²) in [7, 11) is 5.04. The molecule has 3 atom stereocenters. The Labute approximate surface area is 170 Å². The van der Waals surface area contributed by atoms with Crippen molar-refractivity contribution in [1.82, 2.24) is 9.80 Å². The van der Waals surface area contributed by atoms with Crippen molar-refractivity contribution in [2.45, 2.75) is 18.6 Å². The van der Waals surface area contributed by atoms with E-state index in [1.54, 1.807) is 32.1 Å². The van der Waals surface area contributed by atoms with E-state index in [1.165, 1.54) is 11.8 Å². The zero-order chi connectivity index (χ0) is 21.0. The molecule has 2 fully saturated rings. The molecule has 4 rings (SSSR count). The maximum Gasteiger partial charge on any atom is 0.365 e. The van der Waals surface area contributed by atoms with Crippen molar-refractivity contribution in [2.24, 2.45) is 0 Å². The molecule has 2 aromatic rings. The smallest absolute Gasteiger partial charge is 0.302 e. The molecule has 2 aliphatic heterocycles. The number of quaternary nitrogens is 1. The first-order valence-electron chi connectivity index (χ1n) is 9.53. The maximum atomic E-state index is 13.7. The fourth-order valence-electron chi connectivity index (χ4n) is 4.78. The number of rotatable bonds is 3. The predicted octanol–water partition coefficient (Wildman–Crippen LogP) is 2.19. The third-order valence-corrected chi connectivity index (χ3v) is 6.39. The summed E-state index contributed by atoms with van der Waals surface area (Å²) in [5.41, 5.74) is 0.894. The molecule has 0 radical (unpaired) electrons. The van der Waals surface area contributed by atoms with Gasteiger partial charge in [-0.05, 0) is 11.6 Å². The van der Waals surface area contributed by atoms with E-state index < -0.39 is 11.7 Å². The minimum Gasteiger partial charge on any atom is -0.302 e. The second-order valence-corrected chi connectivity index (χ2v) is 7.79. The summed E-state index contributed by atoms with van der Waals surface area (Å²) in [6, 6.07) is 18.1. The van der Waals surface area contributed by atoms with Crippen molar-refractivity contribution in [3.63, 3.8) is 0 Å². The van der Waals surface area contributed by atoms with Crippen LogP contribution in [0.5, 0.6) is 0 Å². The highest BCUT2D eigenvalue weighted by molar-refractivity contribution is 6.06. The largest absolute Gasteiger partial charge is 0.365 e. The van der Waals surface area contributed by atoms with Crippen molar-refractivity contribution in [1.29, 1.82) is 0 Å². The highest BCUT2D eigenvalue weighted by atomic mass is 16.2. The molecule has 0 bridgehead atoms. The van der Waals surface area contributed by atoms with Crippen LogP contribution >= 0.6 is 0 Å². The Morgan fingerprint density at radius 2 is 1.62 bits per heavy atom. The van der Waals surface area contributed by atoms with E-state index in [-0.39, 0.29) is 22.2 Å². The van der Waals surface area contributed by atoms with E-state index in [0.717, 1.165) is 11.1 Å². The zero-order valence-electron chi connectivity index (χ0n) is 17.0. The van der Waals surface area contributed by atoms with Crippen LogP contribution in [0.1, 0.15) is 18.1 Å². The van der Waals surface area contributed by atoms with Crippen LogP contribution in [0, 0.1) is 0 Å². The third-order valence-electron chi connectivity index (χ3n) is 6.39. The number of hydrogen-bond donors (Lipinski definition) is 0. The normalized spacial score (nSPS) is 29.6. The van der Waals surface area contributed by atoms with Crippen molar-refractivity contribution < 1.29 is 18.9 Å². The molecule has 0 aliphatic carbocycles. The minimum atomic E-state index is -1.05. The standard InChI is InChI=1S/C23H24N3O3/c1-16(27)25(3)23(18-13-9-6-10-14-18)20-21(28)24(2)19(22(29)26(20,23)4)15-17-11-7-5-8-12-17/h5-15,20H,1-4H3/q+1/b19-15-. The molecule has 3 amide bonds. The first-order valence-corrected chi connectivity index (χ1v) is 9.53. The van der Waals surface area contributed by atoms with Crippen LogP contribution in [0.15, 0.2) is 66.4 Å². The van der Waals surface area contributed by atoms with Gasteiger partial charge in [0.15, 0.2) is 5.70 Å². The summed E-state index contributed by atoms with van der Waals surface area (Å²) in [5, 5.41) is 0. The number of benzene rings is 2. The molecule has 6 nitrogen and oxygen atoms in total. The van der Waals surface area contributed by atoms with Crippen LogP contribution in [0.25, 0.3) is 6.08 Å². The molecule has 6 heteroatoms. The number of fused-ring (bicyclic) bond motifs is 1. The molecule has 2 aromatic carbocycles. The molecule has 148 valence electrons. The lowest BCUT2D eigenvalue weighted by Crippen LogP contribution is -2.51. The summed E-state index contributed by atoms with van der Waals surface area (Å²) in [4.78, 5) is 42.5. The van der Waals surface area contributed by atoms with E-state index in [4.69, 9.17) is 0 Å². The van der Waals surface area contributed by atoms with Crippen molar-refractivity contribution in [2.75, 3.05) is 21.1 Å². The van der Waals surface area contributed by atoms with Crippen molar-refractivity contribution in [3.8, 4) is 0 Å². The van der Waals surface area contributed by atoms with Crippen LogP contribution in [0.2, 0.25) is 0 Å². The lowest BCUT2D eigenvalue weighted by atomic mass is 10.0. The van der Waals surface area contributed by atoms with Crippen LogP contribution < -0.4 is 0 Å². The molecule has 3 unspecified atom stereocenters. The molecule has 0 spiro atoms. The molecule has 2 heterocycles. The fourth-order valence-corrected chi connectivity index (χ4v) is 4.78. The van der Waals surface area contributed by atoms with Crippen molar-refractivity contribution in [3.05, 3.63) is 77.5 Å². The number of amides is 3. The summed E-state index contributed by atoms with van der Waals surface area (Å²) in [6.45, 7) is 1.46. The van der Waals surface area contributed by atoms with Gasteiger partial charge < -0.3 is 4.90 Å². The van der Waals surface area contributed by atoms with Gasteiger partial charge in [0.05, 0.1) is 7.05 Å². The molecule has 0 aromatic heterocycles. The molecule has 2 aliphatic rings. The number of carbonyl (C=O) groups is 3. The lowest BCUT2D eigenvalue weighted by Gasteiger charge is -2.29. The summed E-state index contributed by atoms with van der Waals surface area (Å²) in [5.74, 6) is -0.552. The summed E-state index contributed by atoms with van der Waals surface area (Å²) >= 11 is 0. The molecule has 0 N–H and O–H groups in total. The predicted molar refractivity (Wildman–Crippen MR) is 109 cm³/mol. The van der Waals surface area contributed by atoms with Gasteiger partial charge in [-0.1, -0.05) is 60.7 Å². The Kier molecular flexibility index (Phi) is 4.20. The highest BCUT2D eigenvalue weighted by Crippen LogP contribution is 2.62. The second kappa shape index (κ2) is 6.39. The van der Waals surface area contributed by atoms with Gasteiger partial charge in [0.2, 0.25) is 5.91 Å². The van der Waals surface area contributed by atoms with E-state index in [9.17, 15) is 14.4 Å². The first kappa shape index (κ1) is 19.1. The Bertz CT molecular complexity index is 1030. The van der Waals surface area contributed by atoms with Crippen molar-refractivity contribution >= 4 is 23.8 Å². The summed E-state index contributed by atoms with van der Waals surface area (Å²) in [6.07, 6.45) is 1.74. The zero-order valence-corrected chi connectivity index (χ0v) is 17.0. The number of nitrogens with zero attached hydrogens (tertiary/aromatic N) is 3. The molecule has 29 heavy (non-hydrogen) atoms. The van der Waals surface area contributed by atoms with E-state index in [1.807, 2.05) is 60.7 Å². The Morgan fingerprint density at radius 3 is 2.17 bits per heavy atom. The lowest BCUT2D eigenvalue weighted by molar-refractivity contribution is -0.750. The number of likely N-dealkylation sites (N-methyl/N-ethyl adjacent to an activating group) is 3. The summed E-state index contributed by atoms with van der Waals surface area (Å²) < 4.78 is -0.172. The van der Waals surface area contributed by atoms with Crippen LogP contribution in [0.4, 0.5) is 0 Å². The Balaban J connectivity index is 1.91. The van der Waals surface area contributed by atoms with Gasteiger partial charge >= 0.3 is 5.91 Å². The third kappa shape index (κ3) is 2.36. The quantitative estimate of drug-likeness (QED) is 0.459. The van der Waals surface area contributed by atoms with Gasteiger partial charge in [-0.25, -0.2) is 9.28 Å². The highest BCUT2D eigenvalue weighted by Gasteiger charge is 2.90. The van der Waals surface area contributed by atoms with E-state index in [2.05, 4.69) is 0 Å². The monoisotopic (exact) mass is 390 g/mol. The van der Waals surface area contributed by atoms with Crippen LogP contribution in [-0.4, -0.2) is 59.2 Å². The fraction of sp³-hybridized carbons (Fsp3) is 0.261. The maximum absolute atomic E-state index is 13.7. The van der Waals surface area contributed by atoms with Gasteiger partial charge in [-0.15, -0.1) is 0 Å². The molecular formula is C23H24N3O3+. The van der Waals surface area contributed by atoms with Crippen LogP contribution in [-0.2, 0) is 20.0 Å². The van der Waals surface area contributed by atoms with Gasteiger partial charge in [0.1, 0.15) is 0 Å². The van der Waals surface area contributed by atoms with E-state index in [0.29, 0.717) is 5.70 Å². The SMILES string of the molecule is CC(=O)N(C)C1(c2ccccc2)C2C(=O)N(C)/C(=C\c3ccccc3)C(=O)[N+]21C. The molecule has 2 saturated heterocycles. The Morgan fingerprint density at radius 1 is 1.07 bits per heavy atom. The number of piperazine rings is 1. The Hall–Kier alpha value is -3.25. The van der Waals surface area contributed by atoms with E-state index >= 15 is 0 Å². The van der Waals surface area contributed by atoms with Crippen LogP contribution in [0.3, 0.4) is 0 Å². The number of hydrogen-bond acceptors (Lipinski definition) is 3. The van der Waals surface area contributed by atoms with Gasteiger partial charge in [0, 0.05) is 26.6 Å². The van der Waals surface area contributed by atoms with Gasteiger partial charge in [-0.3, -0.25) is 14.5 Å². The topological polar surface area (TPSA) is 57.7 Å².